The third-order valence-electron chi connectivity index (χ3n) is 2.54. The molecule has 2 aromatic heterocycles. The minimum atomic E-state index is 0.467. The van der Waals surface area contributed by atoms with E-state index in [4.69, 9.17) is 4.74 Å². The molecule has 14 heavy (non-hydrogen) atoms. The predicted octanol–water partition coefficient (Wildman–Crippen LogP) is 2.37. The average molecular weight is 253 g/mol. The topological polar surface area (TPSA) is 27.1 Å². The van der Waals surface area contributed by atoms with Crippen LogP contribution in [0.1, 0.15) is 6.04 Å². The van der Waals surface area contributed by atoms with E-state index in [1.165, 1.54) is 5.39 Å². The van der Waals surface area contributed by atoms with Crippen LogP contribution in [0, 0.1) is 0 Å². The van der Waals surface area contributed by atoms with Gasteiger partial charge in [0.15, 0.2) is 0 Å². The number of pyridine rings is 1. The van der Waals surface area contributed by atoms with Crippen LogP contribution in [0.5, 0.6) is 0 Å². The van der Waals surface area contributed by atoms with Gasteiger partial charge in [0.25, 0.3) is 0 Å². The molecule has 0 saturated carbocycles. The van der Waals surface area contributed by atoms with Crippen molar-refractivity contribution >= 4 is 27.0 Å². The van der Waals surface area contributed by atoms with Gasteiger partial charge in [0, 0.05) is 11.6 Å². The Kier molecular flexibility index (Phi) is 1.85. The van der Waals surface area contributed by atoms with Crippen molar-refractivity contribution < 1.29 is 4.74 Å². The van der Waals surface area contributed by atoms with E-state index in [9.17, 15) is 0 Å². The average Bonchev–Trinajstić information content (AvgIpc) is 2.46. The number of hydrogen-bond donors (Lipinski definition) is 0. The first-order valence-corrected chi connectivity index (χ1v) is 5.35. The van der Waals surface area contributed by atoms with Gasteiger partial charge in [-0.3, -0.25) is 0 Å². The van der Waals surface area contributed by atoms with Crippen molar-refractivity contribution in [1.29, 1.82) is 0 Å². The quantitative estimate of drug-likeness (QED) is 0.729. The Labute approximate surface area is 89.8 Å². The number of nitrogens with zero attached hydrogens (tertiary/aromatic N) is 2. The lowest BCUT2D eigenvalue weighted by Gasteiger charge is -2.27. The molecule has 1 aliphatic heterocycles. The summed E-state index contributed by atoms with van der Waals surface area (Å²) in [7, 11) is 0. The summed E-state index contributed by atoms with van der Waals surface area (Å²) in [5, 5.41) is 1.18. The van der Waals surface area contributed by atoms with Gasteiger partial charge in [-0.25, -0.2) is 4.98 Å². The van der Waals surface area contributed by atoms with Crippen LogP contribution in [-0.2, 0) is 4.74 Å². The lowest BCUT2D eigenvalue weighted by atomic mass is 10.2. The summed E-state index contributed by atoms with van der Waals surface area (Å²) in [6.07, 6.45) is 2.08. The predicted molar refractivity (Wildman–Crippen MR) is 57.3 cm³/mol. The highest BCUT2D eigenvalue weighted by atomic mass is 79.9. The van der Waals surface area contributed by atoms with E-state index in [0.717, 1.165) is 23.5 Å². The third kappa shape index (κ3) is 1.18. The lowest BCUT2D eigenvalue weighted by Crippen LogP contribution is -2.30. The molecule has 1 saturated heterocycles. The molecule has 0 spiro atoms. The van der Waals surface area contributed by atoms with Gasteiger partial charge in [-0.05, 0) is 34.1 Å². The summed E-state index contributed by atoms with van der Waals surface area (Å²) >= 11 is 3.38. The van der Waals surface area contributed by atoms with Gasteiger partial charge in [-0.1, -0.05) is 0 Å². The summed E-state index contributed by atoms with van der Waals surface area (Å²) in [6, 6.07) is 6.59. The molecule has 3 nitrogen and oxygen atoms in total. The highest BCUT2D eigenvalue weighted by Crippen LogP contribution is 2.24. The zero-order chi connectivity index (χ0) is 9.54. The van der Waals surface area contributed by atoms with Crippen molar-refractivity contribution in [2.24, 2.45) is 0 Å². The molecule has 1 aliphatic rings. The fraction of sp³-hybridized carbons (Fsp3) is 0.300. The summed E-state index contributed by atoms with van der Waals surface area (Å²) < 4.78 is 8.24. The molecule has 1 fully saturated rings. The van der Waals surface area contributed by atoms with Crippen molar-refractivity contribution in [3.05, 3.63) is 29.0 Å². The molecule has 0 N–H and O–H groups in total. The molecular weight excluding hydrogens is 244 g/mol. The molecule has 0 aliphatic carbocycles. The van der Waals surface area contributed by atoms with Crippen LogP contribution in [0.25, 0.3) is 11.0 Å². The monoisotopic (exact) mass is 252 g/mol. The van der Waals surface area contributed by atoms with Crippen molar-refractivity contribution in [3.63, 3.8) is 0 Å². The van der Waals surface area contributed by atoms with Crippen LogP contribution >= 0.6 is 15.9 Å². The number of halogens is 1. The Morgan fingerprint density at radius 3 is 2.93 bits per heavy atom. The second-order valence-corrected chi connectivity index (χ2v) is 4.27. The molecule has 3 rings (SSSR count). The van der Waals surface area contributed by atoms with E-state index in [0.29, 0.717) is 6.04 Å². The van der Waals surface area contributed by atoms with E-state index in [1.54, 1.807) is 0 Å². The smallest absolute Gasteiger partial charge is 0.141 e. The number of ether oxygens (including phenoxy) is 1. The highest BCUT2D eigenvalue weighted by molar-refractivity contribution is 9.10. The number of rotatable bonds is 1. The van der Waals surface area contributed by atoms with Gasteiger partial charge >= 0.3 is 0 Å². The van der Waals surface area contributed by atoms with Crippen molar-refractivity contribution in [2.75, 3.05) is 13.2 Å². The van der Waals surface area contributed by atoms with E-state index in [1.807, 2.05) is 6.07 Å². The largest absolute Gasteiger partial charge is 0.377 e. The molecule has 0 atom stereocenters. The summed E-state index contributed by atoms with van der Waals surface area (Å²) in [4.78, 5) is 4.46. The first-order chi connectivity index (χ1) is 6.84. The van der Waals surface area contributed by atoms with Crippen LogP contribution in [-0.4, -0.2) is 22.8 Å². The molecule has 3 heterocycles. The molecule has 0 bridgehead atoms. The van der Waals surface area contributed by atoms with Crippen molar-refractivity contribution in [3.8, 4) is 0 Å². The van der Waals surface area contributed by atoms with E-state index < -0.39 is 0 Å². The minimum absolute atomic E-state index is 0.467. The first-order valence-electron chi connectivity index (χ1n) is 4.55. The molecule has 0 radical (unpaired) electrons. The van der Waals surface area contributed by atoms with Crippen LogP contribution in [0.4, 0.5) is 0 Å². The van der Waals surface area contributed by atoms with Crippen LogP contribution < -0.4 is 0 Å². The summed E-state index contributed by atoms with van der Waals surface area (Å²) in [6.45, 7) is 1.61. The Bertz CT molecular complexity index is 476. The Hall–Kier alpha value is -0.870. The van der Waals surface area contributed by atoms with Gasteiger partial charge in [0.05, 0.1) is 19.3 Å². The summed E-state index contributed by atoms with van der Waals surface area (Å²) in [5.74, 6) is 0. The SMILES string of the molecule is Brc1ccc2ccn(C3COC3)c2n1. The van der Waals surface area contributed by atoms with Crippen molar-refractivity contribution in [1.82, 2.24) is 9.55 Å². The second kappa shape index (κ2) is 3.07. The Morgan fingerprint density at radius 2 is 2.21 bits per heavy atom. The van der Waals surface area contributed by atoms with E-state index in [-0.39, 0.29) is 0 Å². The van der Waals surface area contributed by atoms with Crippen LogP contribution in [0.3, 0.4) is 0 Å². The summed E-state index contributed by atoms with van der Waals surface area (Å²) in [5.41, 5.74) is 1.03. The molecule has 4 heteroatoms. The Morgan fingerprint density at radius 1 is 1.36 bits per heavy atom. The first kappa shape index (κ1) is 8.44. The standard InChI is InChI=1S/C10H9BrN2O/c11-9-2-1-7-3-4-13(10(7)12-9)8-5-14-6-8/h1-4,8H,5-6H2. The molecule has 72 valence electrons. The van der Waals surface area contributed by atoms with Gasteiger partial charge in [0.1, 0.15) is 10.3 Å². The maximum absolute atomic E-state index is 5.18. The number of fused-ring (bicyclic) bond motifs is 1. The fourth-order valence-corrected chi connectivity index (χ4v) is 1.98. The lowest BCUT2D eigenvalue weighted by molar-refractivity contribution is -0.0216. The maximum Gasteiger partial charge on any atom is 0.141 e. The molecular formula is C10H9BrN2O. The Balaban J connectivity index is 2.18. The molecule has 2 aromatic rings. The van der Waals surface area contributed by atoms with Gasteiger partial charge in [-0.15, -0.1) is 0 Å². The number of hydrogen-bond acceptors (Lipinski definition) is 2. The second-order valence-electron chi connectivity index (χ2n) is 3.46. The van der Waals surface area contributed by atoms with Gasteiger partial charge < -0.3 is 9.30 Å². The molecule has 0 amide bonds. The van der Waals surface area contributed by atoms with Crippen molar-refractivity contribution in [2.45, 2.75) is 6.04 Å². The van der Waals surface area contributed by atoms with E-state index in [2.05, 4.69) is 43.8 Å². The minimum Gasteiger partial charge on any atom is -0.377 e. The molecule has 0 aromatic carbocycles. The molecule has 0 unspecified atom stereocenters. The zero-order valence-electron chi connectivity index (χ0n) is 7.48. The number of aromatic nitrogens is 2. The third-order valence-corrected chi connectivity index (χ3v) is 2.99. The van der Waals surface area contributed by atoms with Gasteiger partial charge in [0.2, 0.25) is 0 Å². The maximum atomic E-state index is 5.18. The van der Waals surface area contributed by atoms with Crippen LogP contribution in [0.15, 0.2) is 29.0 Å². The normalized spacial score (nSPS) is 17.2. The highest BCUT2D eigenvalue weighted by Gasteiger charge is 2.21. The van der Waals surface area contributed by atoms with Gasteiger partial charge in [-0.2, -0.15) is 0 Å². The zero-order valence-corrected chi connectivity index (χ0v) is 9.07. The van der Waals surface area contributed by atoms with E-state index >= 15 is 0 Å². The van der Waals surface area contributed by atoms with Crippen LogP contribution in [0.2, 0.25) is 0 Å². The fourth-order valence-electron chi connectivity index (χ4n) is 1.68.